The Kier molecular flexibility index (Phi) is 7.22. The second-order valence-corrected chi connectivity index (χ2v) is 9.18. The number of halogens is 1. The fourth-order valence-electron chi connectivity index (χ4n) is 4.47. The number of piperazine rings is 1. The molecule has 1 fully saturated rings. The molecule has 0 bridgehead atoms. The van der Waals surface area contributed by atoms with Crippen molar-refractivity contribution in [3.8, 4) is 0 Å². The lowest BCUT2D eigenvalue weighted by Crippen LogP contribution is -2.49. The number of aryl methyl sites for hydroxylation is 1. The second kappa shape index (κ2) is 10.9. The van der Waals surface area contributed by atoms with E-state index in [9.17, 15) is 4.79 Å². The molecule has 12 nitrogen and oxygen atoms in total. The van der Waals surface area contributed by atoms with Crippen molar-refractivity contribution in [3.63, 3.8) is 0 Å². The van der Waals surface area contributed by atoms with Crippen molar-refractivity contribution < 1.29 is 4.79 Å². The van der Waals surface area contributed by atoms with Crippen LogP contribution in [0, 0.1) is 10.8 Å². The van der Waals surface area contributed by atoms with Gasteiger partial charge in [0.15, 0.2) is 11.5 Å². The van der Waals surface area contributed by atoms with Crippen LogP contribution < -0.4 is 15.5 Å². The smallest absolute Gasteiger partial charge is 0.247 e. The highest BCUT2D eigenvalue weighted by Gasteiger charge is 2.24. The van der Waals surface area contributed by atoms with Crippen LogP contribution in [0.1, 0.15) is 17.7 Å². The summed E-state index contributed by atoms with van der Waals surface area (Å²) in [6, 6.07) is 7.54. The summed E-state index contributed by atoms with van der Waals surface area (Å²) in [5, 5.41) is 26.6. The quantitative estimate of drug-likeness (QED) is 0.242. The highest BCUT2D eigenvalue weighted by Crippen LogP contribution is 2.36. The number of hydrogen-bond donors (Lipinski definition) is 4. The van der Waals surface area contributed by atoms with E-state index in [-0.39, 0.29) is 11.9 Å². The Bertz CT molecular complexity index is 1470. The molecule has 5 rings (SSSR count). The summed E-state index contributed by atoms with van der Waals surface area (Å²) in [5.74, 6) is 0.889. The predicted octanol–water partition coefficient (Wildman–Crippen LogP) is 3.10. The van der Waals surface area contributed by atoms with Crippen LogP contribution in [-0.4, -0.2) is 80.6 Å². The van der Waals surface area contributed by atoms with E-state index in [1.807, 2.05) is 40.1 Å². The van der Waals surface area contributed by atoms with E-state index < -0.39 is 0 Å². The molecule has 196 valence electrons. The lowest BCUT2D eigenvalue weighted by molar-refractivity contribution is -0.131. The third-order valence-electron chi connectivity index (χ3n) is 6.49. The molecule has 4 heterocycles. The van der Waals surface area contributed by atoms with Gasteiger partial charge in [-0.3, -0.25) is 4.79 Å². The van der Waals surface area contributed by atoms with Crippen LogP contribution in [0.25, 0.3) is 5.65 Å². The largest absolute Gasteiger partial charge is 0.370 e. The van der Waals surface area contributed by atoms with E-state index in [4.69, 9.17) is 22.4 Å². The maximum atomic E-state index is 12.7. The molecule has 4 N–H and O–H groups in total. The maximum Gasteiger partial charge on any atom is 0.247 e. The number of aromatic nitrogens is 5. The predicted molar refractivity (Wildman–Crippen MR) is 149 cm³/mol. The molecule has 3 aromatic heterocycles. The van der Waals surface area contributed by atoms with Crippen LogP contribution in [0.4, 0.5) is 23.1 Å². The summed E-state index contributed by atoms with van der Waals surface area (Å²) in [5.41, 5.74) is 2.98. The van der Waals surface area contributed by atoms with Crippen LogP contribution in [0.5, 0.6) is 0 Å². The average molecular weight is 534 g/mol. The van der Waals surface area contributed by atoms with Crippen LogP contribution in [0.3, 0.4) is 0 Å². The van der Waals surface area contributed by atoms with Gasteiger partial charge in [-0.2, -0.15) is 4.98 Å². The molecule has 0 radical (unpaired) electrons. The molecule has 1 amide bonds. The summed E-state index contributed by atoms with van der Waals surface area (Å²) in [4.78, 5) is 25.5. The van der Waals surface area contributed by atoms with Crippen molar-refractivity contribution in [2.24, 2.45) is 0 Å². The molecule has 13 heteroatoms. The van der Waals surface area contributed by atoms with Crippen LogP contribution in [0.2, 0.25) is 5.02 Å². The van der Waals surface area contributed by atoms with Crippen molar-refractivity contribution in [1.82, 2.24) is 29.0 Å². The molecule has 0 saturated carbocycles. The first kappa shape index (κ1) is 25.2. The van der Waals surface area contributed by atoms with Gasteiger partial charge in [-0.1, -0.05) is 11.6 Å². The minimum Gasteiger partial charge on any atom is -0.370 e. The van der Waals surface area contributed by atoms with Crippen LogP contribution >= 0.6 is 11.6 Å². The summed E-state index contributed by atoms with van der Waals surface area (Å²) in [7, 11) is 1.73. The van der Waals surface area contributed by atoms with Crippen molar-refractivity contribution in [3.05, 3.63) is 59.1 Å². The maximum absolute atomic E-state index is 12.7. The molecule has 1 aliphatic rings. The fourth-order valence-corrected chi connectivity index (χ4v) is 4.75. The lowest BCUT2D eigenvalue weighted by atomic mass is 10.1. The molecule has 1 aromatic carbocycles. The monoisotopic (exact) mass is 533 g/mol. The van der Waals surface area contributed by atoms with Crippen molar-refractivity contribution in [2.45, 2.75) is 13.0 Å². The number of rotatable bonds is 9. The van der Waals surface area contributed by atoms with Gasteiger partial charge >= 0.3 is 0 Å². The van der Waals surface area contributed by atoms with Gasteiger partial charge in [0, 0.05) is 71.0 Å². The molecule has 1 saturated heterocycles. The third-order valence-corrected chi connectivity index (χ3v) is 6.88. The van der Waals surface area contributed by atoms with Crippen molar-refractivity contribution in [2.75, 3.05) is 48.8 Å². The topological polar surface area (TPSA) is 143 Å². The second-order valence-electron chi connectivity index (χ2n) is 8.81. The van der Waals surface area contributed by atoms with E-state index >= 15 is 0 Å². The van der Waals surface area contributed by atoms with Gasteiger partial charge in [0.2, 0.25) is 11.9 Å². The van der Waals surface area contributed by atoms with Gasteiger partial charge in [0.25, 0.3) is 0 Å². The first-order chi connectivity index (χ1) is 18.5. The Balaban J connectivity index is 1.34. The zero-order valence-corrected chi connectivity index (χ0v) is 21.6. The minimum absolute atomic E-state index is 0.136. The summed E-state index contributed by atoms with van der Waals surface area (Å²) >= 11 is 6.87. The molecule has 38 heavy (non-hydrogen) atoms. The summed E-state index contributed by atoms with van der Waals surface area (Å²) < 4.78 is 3.53. The number of fused-ring (bicyclic) bond motifs is 1. The van der Waals surface area contributed by atoms with Crippen molar-refractivity contribution in [1.29, 1.82) is 10.8 Å². The van der Waals surface area contributed by atoms with E-state index in [2.05, 4.69) is 30.6 Å². The number of nitrogens with zero attached hydrogens (tertiary/aromatic N) is 7. The number of imidazole rings is 1. The van der Waals surface area contributed by atoms with Crippen LogP contribution in [0.15, 0.2) is 42.9 Å². The molecule has 0 spiro atoms. The van der Waals surface area contributed by atoms with Crippen molar-refractivity contribution >= 4 is 58.7 Å². The Morgan fingerprint density at radius 3 is 2.58 bits per heavy atom. The standard InChI is InChI=1S/C25H28ClN11O/c1-29-23-24-30-16-18(15-28)37(24)33-25(32-23)31-19-12-17(14-27)13-20(22(19)26)35-8-10-36(11-9-35)21(38)4-7-34-5-2-3-6-34/h2-3,5-6,12-16,27-28H,4,7-11H2,1H3,(H2,29,31,32,33). The van der Waals surface area contributed by atoms with Gasteiger partial charge in [-0.15, -0.1) is 5.10 Å². The highest BCUT2D eigenvalue weighted by molar-refractivity contribution is 6.36. The number of hydrogen-bond acceptors (Lipinski definition) is 9. The number of anilines is 4. The zero-order chi connectivity index (χ0) is 26.6. The van der Waals surface area contributed by atoms with E-state index in [0.717, 1.165) is 5.69 Å². The molecular formula is C25H28ClN11O. The summed E-state index contributed by atoms with van der Waals surface area (Å²) in [6.07, 6.45) is 8.36. The van der Waals surface area contributed by atoms with Gasteiger partial charge in [-0.25, -0.2) is 9.50 Å². The molecule has 0 aliphatic carbocycles. The number of carbonyl (C=O) groups is 1. The highest BCUT2D eigenvalue weighted by atomic mass is 35.5. The Morgan fingerprint density at radius 2 is 1.89 bits per heavy atom. The molecular weight excluding hydrogens is 506 g/mol. The van der Waals surface area contributed by atoms with Crippen LogP contribution in [-0.2, 0) is 11.3 Å². The average Bonchev–Trinajstić information content (AvgIpc) is 3.62. The third kappa shape index (κ3) is 5.02. The van der Waals surface area contributed by atoms with E-state index in [1.54, 1.807) is 19.3 Å². The van der Waals surface area contributed by atoms with E-state index in [0.29, 0.717) is 72.6 Å². The van der Waals surface area contributed by atoms with Gasteiger partial charge in [0.1, 0.15) is 5.69 Å². The first-order valence-corrected chi connectivity index (χ1v) is 12.6. The number of nitrogens with one attached hydrogen (secondary N) is 4. The molecule has 0 atom stereocenters. The fraction of sp³-hybridized carbons (Fsp3) is 0.280. The van der Waals surface area contributed by atoms with E-state index in [1.165, 1.54) is 16.9 Å². The first-order valence-electron chi connectivity index (χ1n) is 12.2. The van der Waals surface area contributed by atoms with Gasteiger partial charge in [-0.05, 0) is 29.8 Å². The van der Waals surface area contributed by atoms with Gasteiger partial charge < -0.3 is 35.8 Å². The number of amides is 1. The molecule has 1 aliphatic heterocycles. The Morgan fingerprint density at radius 1 is 1.13 bits per heavy atom. The summed E-state index contributed by atoms with van der Waals surface area (Å²) in [6.45, 7) is 3.10. The molecule has 0 unspecified atom stereocenters. The normalized spacial score (nSPS) is 13.5. The minimum atomic E-state index is 0.136. The Labute approximate surface area is 224 Å². The van der Waals surface area contributed by atoms with Gasteiger partial charge in [0.05, 0.1) is 22.6 Å². The Hall–Kier alpha value is -4.45. The number of benzene rings is 1. The SMILES string of the molecule is CNc1nc(Nc2cc(C=N)cc(N3CCN(C(=O)CCn4cccc4)CC3)c2Cl)nn2c(C=N)cnc12. The lowest BCUT2D eigenvalue weighted by Gasteiger charge is -2.37. The zero-order valence-electron chi connectivity index (χ0n) is 20.9. The number of carbonyl (C=O) groups excluding carboxylic acids is 1. The molecule has 4 aromatic rings.